The largest absolute Gasteiger partial charge is 0.494 e. The monoisotopic (exact) mass is 617 g/mol. The van der Waals surface area contributed by atoms with Gasteiger partial charge < -0.3 is 40.2 Å². The SMILES string of the molecule is COc1ccc(-c2cnc(C(=O)Nc3ccc(C(=O)N4CCN(C(=O)N[C@H]5CNC[C@@H]5O)CC4)c(Cl)c3)n2C)c(F)c1F. The van der Waals surface area contributed by atoms with Gasteiger partial charge in [0.25, 0.3) is 11.8 Å². The average molecular weight is 618 g/mol. The minimum absolute atomic E-state index is 0.0671. The van der Waals surface area contributed by atoms with E-state index in [1.807, 2.05) is 0 Å². The molecular weight excluding hydrogens is 588 g/mol. The van der Waals surface area contributed by atoms with Gasteiger partial charge in [0.2, 0.25) is 5.82 Å². The van der Waals surface area contributed by atoms with Gasteiger partial charge in [-0.25, -0.2) is 14.2 Å². The fourth-order valence-electron chi connectivity index (χ4n) is 5.06. The Bertz CT molecular complexity index is 1560. The van der Waals surface area contributed by atoms with Crippen molar-refractivity contribution in [2.75, 3.05) is 51.7 Å². The molecule has 4 N–H and O–H groups in total. The van der Waals surface area contributed by atoms with E-state index >= 15 is 0 Å². The molecule has 2 aliphatic heterocycles. The number of nitrogens with zero attached hydrogens (tertiary/aromatic N) is 4. The van der Waals surface area contributed by atoms with Gasteiger partial charge >= 0.3 is 6.03 Å². The lowest BCUT2D eigenvalue weighted by Crippen LogP contribution is -2.56. The number of halogens is 3. The number of hydrogen-bond acceptors (Lipinski definition) is 7. The summed E-state index contributed by atoms with van der Waals surface area (Å²) in [5.41, 5.74) is 0.607. The average Bonchev–Trinajstić information content (AvgIpc) is 3.58. The molecule has 2 atom stereocenters. The Morgan fingerprint density at radius 1 is 1.07 bits per heavy atom. The molecule has 43 heavy (non-hydrogen) atoms. The van der Waals surface area contributed by atoms with Crippen LogP contribution in [-0.2, 0) is 7.05 Å². The van der Waals surface area contributed by atoms with Crippen LogP contribution in [0.25, 0.3) is 11.3 Å². The minimum atomic E-state index is -1.15. The van der Waals surface area contributed by atoms with Crippen molar-refractivity contribution in [2.24, 2.45) is 7.05 Å². The van der Waals surface area contributed by atoms with E-state index in [2.05, 4.69) is 20.9 Å². The third-order valence-electron chi connectivity index (χ3n) is 7.54. The number of β-amino-alcohol motifs (C(OH)–C–C–N with tert-alkyl or cyclic N) is 1. The van der Waals surface area contributed by atoms with Crippen LogP contribution in [0.1, 0.15) is 21.0 Å². The number of aromatic nitrogens is 2. The van der Waals surface area contributed by atoms with Gasteiger partial charge in [-0.1, -0.05) is 11.6 Å². The third kappa shape index (κ3) is 6.12. The standard InChI is InChI=1S/C28H30ClF2N7O5/c1-36-20(17-5-6-22(43-2)24(31)23(17)30)13-33-25(36)26(40)34-15-3-4-16(18(29)11-15)27(41)37-7-9-38(10-8-37)28(42)35-19-12-32-14-21(19)39/h3-6,11,13,19,21,32,39H,7-10,12,14H2,1-2H3,(H,34,40)(H,35,42)/t19-,21-/m0/s1. The molecule has 2 saturated heterocycles. The van der Waals surface area contributed by atoms with Crippen molar-refractivity contribution in [2.45, 2.75) is 12.1 Å². The van der Waals surface area contributed by atoms with Crippen molar-refractivity contribution in [3.63, 3.8) is 0 Å². The molecule has 4 amide bonds. The molecule has 228 valence electrons. The van der Waals surface area contributed by atoms with Gasteiger partial charge in [-0.15, -0.1) is 0 Å². The molecule has 2 aliphatic rings. The summed E-state index contributed by atoms with van der Waals surface area (Å²) < 4.78 is 35.0. The molecule has 0 bridgehead atoms. The molecule has 3 aromatic rings. The molecule has 5 rings (SSSR count). The summed E-state index contributed by atoms with van der Waals surface area (Å²) in [4.78, 5) is 45.9. The molecule has 3 heterocycles. The van der Waals surface area contributed by atoms with Gasteiger partial charge in [-0.2, -0.15) is 4.39 Å². The van der Waals surface area contributed by atoms with Crippen molar-refractivity contribution in [3.8, 4) is 17.0 Å². The Morgan fingerprint density at radius 3 is 2.44 bits per heavy atom. The van der Waals surface area contributed by atoms with Crippen molar-refractivity contribution >= 4 is 35.1 Å². The molecule has 0 saturated carbocycles. The van der Waals surface area contributed by atoms with Crippen LogP contribution in [0, 0.1) is 11.6 Å². The lowest BCUT2D eigenvalue weighted by Gasteiger charge is -2.35. The topological polar surface area (TPSA) is 141 Å². The number of benzene rings is 2. The van der Waals surface area contributed by atoms with E-state index in [0.29, 0.717) is 45.0 Å². The Labute approximate surface area is 250 Å². The Morgan fingerprint density at radius 2 is 1.79 bits per heavy atom. The lowest BCUT2D eigenvalue weighted by atomic mass is 10.1. The summed E-state index contributed by atoms with van der Waals surface area (Å²) in [6, 6.07) is 6.41. The number of methoxy groups -OCH3 is 1. The molecule has 15 heteroatoms. The van der Waals surface area contributed by atoms with Gasteiger partial charge in [-0.05, 0) is 30.3 Å². The number of imidazole rings is 1. The number of ether oxygens (including phenoxy) is 1. The second-order valence-corrected chi connectivity index (χ2v) is 10.6. The van der Waals surface area contributed by atoms with E-state index in [1.165, 1.54) is 55.3 Å². The van der Waals surface area contributed by atoms with Gasteiger partial charge in [0.15, 0.2) is 17.4 Å². The van der Waals surface area contributed by atoms with E-state index in [-0.39, 0.29) is 51.4 Å². The molecule has 0 unspecified atom stereocenters. The second kappa shape index (κ2) is 12.5. The van der Waals surface area contributed by atoms with Crippen LogP contribution in [0.2, 0.25) is 5.02 Å². The highest BCUT2D eigenvalue weighted by atomic mass is 35.5. The van der Waals surface area contributed by atoms with E-state index in [1.54, 1.807) is 9.80 Å². The Kier molecular flexibility index (Phi) is 8.80. The first-order valence-electron chi connectivity index (χ1n) is 13.5. The maximum atomic E-state index is 14.6. The van der Waals surface area contributed by atoms with Crippen molar-refractivity contribution < 1.29 is 33.0 Å². The summed E-state index contributed by atoms with van der Waals surface area (Å²) in [6.07, 6.45) is 0.616. The second-order valence-electron chi connectivity index (χ2n) is 10.2. The molecule has 1 aromatic heterocycles. The van der Waals surface area contributed by atoms with E-state index in [9.17, 15) is 28.3 Å². The van der Waals surface area contributed by atoms with Crippen LogP contribution >= 0.6 is 11.6 Å². The minimum Gasteiger partial charge on any atom is -0.494 e. The van der Waals surface area contributed by atoms with Gasteiger partial charge in [0, 0.05) is 57.6 Å². The quantitative estimate of drug-likeness (QED) is 0.332. The predicted molar refractivity (Wildman–Crippen MR) is 153 cm³/mol. The van der Waals surface area contributed by atoms with Crippen LogP contribution in [0.3, 0.4) is 0 Å². The van der Waals surface area contributed by atoms with Crippen LogP contribution in [0.5, 0.6) is 5.75 Å². The third-order valence-corrected chi connectivity index (χ3v) is 7.85. The summed E-state index contributed by atoms with van der Waals surface area (Å²) in [6.45, 7) is 2.15. The number of anilines is 1. The molecule has 2 aromatic carbocycles. The van der Waals surface area contributed by atoms with Crippen molar-refractivity contribution in [1.82, 2.24) is 30.0 Å². The fourth-order valence-corrected chi connectivity index (χ4v) is 5.32. The zero-order valence-electron chi connectivity index (χ0n) is 23.4. The first kappa shape index (κ1) is 30.2. The van der Waals surface area contributed by atoms with Crippen LogP contribution in [-0.4, -0.2) is 101 Å². The van der Waals surface area contributed by atoms with Crippen molar-refractivity contribution in [3.05, 3.63) is 64.6 Å². The number of amides is 4. The number of rotatable bonds is 6. The highest BCUT2D eigenvalue weighted by molar-refractivity contribution is 6.34. The summed E-state index contributed by atoms with van der Waals surface area (Å²) in [5, 5.41) is 18.5. The maximum absolute atomic E-state index is 14.6. The van der Waals surface area contributed by atoms with Gasteiger partial charge in [0.05, 0.1) is 41.7 Å². The summed E-state index contributed by atoms with van der Waals surface area (Å²) in [7, 11) is 2.72. The first-order chi connectivity index (χ1) is 20.6. The molecule has 0 aliphatic carbocycles. The molecule has 2 fully saturated rings. The number of hydrogen-bond donors (Lipinski definition) is 4. The van der Waals surface area contributed by atoms with E-state index in [0.717, 1.165) is 0 Å². The van der Waals surface area contributed by atoms with E-state index in [4.69, 9.17) is 16.3 Å². The number of aliphatic hydroxyl groups is 1. The number of nitrogens with one attached hydrogen (secondary N) is 3. The van der Waals surface area contributed by atoms with Crippen LogP contribution in [0.4, 0.5) is 19.3 Å². The fraction of sp³-hybridized carbons (Fsp3) is 0.357. The zero-order chi connectivity index (χ0) is 30.8. The number of carbonyl (C=O) groups excluding carboxylic acids is 3. The number of aliphatic hydroxyl groups excluding tert-OH is 1. The summed E-state index contributed by atoms with van der Waals surface area (Å²) in [5.74, 6) is -3.55. The normalized spacial score (nSPS) is 18.5. The predicted octanol–water partition coefficient (Wildman–Crippen LogP) is 2.08. The maximum Gasteiger partial charge on any atom is 0.317 e. The van der Waals surface area contributed by atoms with Crippen LogP contribution in [0.15, 0.2) is 36.5 Å². The number of urea groups is 1. The smallest absolute Gasteiger partial charge is 0.317 e. The van der Waals surface area contributed by atoms with Gasteiger partial charge in [-0.3, -0.25) is 9.59 Å². The van der Waals surface area contributed by atoms with Crippen molar-refractivity contribution in [1.29, 1.82) is 0 Å². The highest BCUT2D eigenvalue weighted by Gasteiger charge is 2.31. The first-order valence-corrected chi connectivity index (χ1v) is 13.8. The molecule has 0 spiro atoms. The van der Waals surface area contributed by atoms with E-state index < -0.39 is 23.6 Å². The lowest BCUT2D eigenvalue weighted by molar-refractivity contribution is 0.0660. The van der Waals surface area contributed by atoms with Crippen LogP contribution < -0.4 is 20.7 Å². The Hall–Kier alpha value is -4.27. The molecular formula is C28H30ClF2N7O5. The summed E-state index contributed by atoms with van der Waals surface area (Å²) >= 11 is 6.42. The number of piperazine rings is 1. The molecule has 12 nitrogen and oxygen atoms in total. The number of carbonyl (C=O) groups is 3. The highest BCUT2D eigenvalue weighted by Crippen LogP contribution is 2.30. The zero-order valence-corrected chi connectivity index (χ0v) is 24.1. The Balaban J connectivity index is 1.20. The molecule has 0 radical (unpaired) electrons. The van der Waals surface area contributed by atoms with Gasteiger partial charge in [0.1, 0.15) is 0 Å².